The minimum Gasteiger partial charge on any atom is -0.478 e. The maximum atomic E-state index is 13.7. The van der Waals surface area contributed by atoms with Gasteiger partial charge >= 0.3 is 12.1 Å². The molecule has 4 rings (SSSR count). The van der Waals surface area contributed by atoms with Gasteiger partial charge in [-0.3, -0.25) is 4.79 Å². The van der Waals surface area contributed by atoms with Crippen molar-refractivity contribution >= 4 is 17.6 Å². The van der Waals surface area contributed by atoms with E-state index in [1.165, 1.54) is 17.0 Å². The number of anilines is 1. The number of ether oxygens (including phenoxy) is 1. The van der Waals surface area contributed by atoms with Gasteiger partial charge in [-0.15, -0.1) is 0 Å². The molecular formula is C28H30F3N3O4. The third kappa shape index (κ3) is 5.84. The molecule has 0 atom stereocenters. The average Bonchev–Trinajstić information content (AvgIpc) is 3.30. The Morgan fingerprint density at radius 1 is 1.08 bits per heavy atom. The van der Waals surface area contributed by atoms with Crippen molar-refractivity contribution in [3.8, 4) is 17.2 Å². The first-order chi connectivity index (χ1) is 18.0. The summed E-state index contributed by atoms with van der Waals surface area (Å²) in [6.07, 6.45) is -0.376. The first-order valence-corrected chi connectivity index (χ1v) is 12.6. The van der Waals surface area contributed by atoms with Gasteiger partial charge in [-0.2, -0.15) is 18.3 Å². The van der Waals surface area contributed by atoms with Crippen molar-refractivity contribution < 1.29 is 32.6 Å². The monoisotopic (exact) mass is 529 g/mol. The fourth-order valence-corrected chi connectivity index (χ4v) is 4.78. The highest BCUT2D eigenvalue weighted by molar-refractivity contribution is 6.03. The van der Waals surface area contributed by atoms with Crippen molar-refractivity contribution in [3.05, 3.63) is 66.0 Å². The quantitative estimate of drug-likeness (QED) is 0.358. The molecule has 1 amide bonds. The standard InChI is InChI=1S/C28H30F3N3O4/c1-17(2)34(26(35)19-11-9-18(3)10-12-19)23-14-13-21(15-22(23)27(36)37)38-24-16-33(20-7-5-4-6-8-20)32-25(24)28(29,30)31/h4-8,13-19H,9-12H2,1-3H3,(H,36,37). The molecule has 1 N–H and O–H groups in total. The van der Waals surface area contributed by atoms with Gasteiger partial charge in [-0.1, -0.05) is 25.1 Å². The number of para-hydroxylation sites is 1. The number of aromatic carboxylic acids is 1. The summed E-state index contributed by atoms with van der Waals surface area (Å²) in [7, 11) is 0. The molecule has 7 nitrogen and oxygen atoms in total. The van der Waals surface area contributed by atoms with Gasteiger partial charge in [0.05, 0.1) is 23.1 Å². The van der Waals surface area contributed by atoms with Crippen LogP contribution in [0.5, 0.6) is 11.5 Å². The van der Waals surface area contributed by atoms with E-state index >= 15 is 0 Å². The van der Waals surface area contributed by atoms with Crippen LogP contribution in [0.1, 0.15) is 62.5 Å². The van der Waals surface area contributed by atoms with E-state index in [2.05, 4.69) is 12.0 Å². The van der Waals surface area contributed by atoms with Crippen LogP contribution in [-0.4, -0.2) is 32.8 Å². The number of carboxylic acids is 1. The van der Waals surface area contributed by atoms with Gasteiger partial charge < -0.3 is 14.7 Å². The van der Waals surface area contributed by atoms with Gasteiger partial charge in [0, 0.05) is 12.0 Å². The maximum Gasteiger partial charge on any atom is 0.438 e. The second kappa shape index (κ2) is 10.9. The first kappa shape index (κ1) is 27.2. The third-order valence-electron chi connectivity index (χ3n) is 6.77. The highest BCUT2D eigenvalue weighted by atomic mass is 19.4. The second-order valence-corrected chi connectivity index (χ2v) is 9.96. The third-order valence-corrected chi connectivity index (χ3v) is 6.77. The lowest BCUT2D eigenvalue weighted by Gasteiger charge is -2.34. The van der Waals surface area contributed by atoms with E-state index in [4.69, 9.17) is 4.74 Å². The van der Waals surface area contributed by atoms with Crippen molar-refractivity contribution in [1.29, 1.82) is 0 Å². The predicted molar refractivity (Wildman–Crippen MR) is 136 cm³/mol. The largest absolute Gasteiger partial charge is 0.478 e. The number of carbonyl (C=O) groups is 2. The number of alkyl halides is 3. The van der Waals surface area contributed by atoms with Crippen LogP contribution in [0.25, 0.3) is 5.69 Å². The number of aromatic nitrogens is 2. The van der Waals surface area contributed by atoms with Crippen LogP contribution in [-0.2, 0) is 11.0 Å². The zero-order chi connectivity index (χ0) is 27.6. The number of hydrogen-bond acceptors (Lipinski definition) is 4. The molecule has 3 aromatic rings. The molecule has 0 unspecified atom stereocenters. The Hall–Kier alpha value is -3.82. The molecule has 10 heteroatoms. The zero-order valence-electron chi connectivity index (χ0n) is 21.4. The number of nitrogens with zero attached hydrogens (tertiary/aromatic N) is 3. The smallest absolute Gasteiger partial charge is 0.438 e. The topological polar surface area (TPSA) is 84.7 Å². The summed E-state index contributed by atoms with van der Waals surface area (Å²) in [6.45, 7) is 5.75. The molecule has 202 valence electrons. The van der Waals surface area contributed by atoms with Gasteiger partial charge in [0.25, 0.3) is 0 Å². The number of rotatable bonds is 7. The first-order valence-electron chi connectivity index (χ1n) is 12.6. The number of carboxylic acid groups (broad SMARTS) is 1. The SMILES string of the molecule is CC1CCC(C(=O)N(c2ccc(Oc3cn(-c4ccccc4)nc3C(F)(F)F)cc2C(=O)O)C(C)C)CC1. The molecule has 1 aromatic heterocycles. The van der Waals surface area contributed by atoms with Crippen LogP contribution in [0.2, 0.25) is 0 Å². The van der Waals surface area contributed by atoms with Crippen LogP contribution < -0.4 is 9.64 Å². The van der Waals surface area contributed by atoms with Gasteiger partial charge in [0.15, 0.2) is 5.75 Å². The molecule has 2 aromatic carbocycles. The van der Waals surface area contributed by atoms with Gasteiger partial charge in [-0.25, -0.2) is 9.48 Å². The summed E-state index contributed by atoms with van der Waals surface area (Å²) in [6, 6.07) is 11.8. The van der Waals surface area contributed by atoms with Crippen molar-refractivity contribution in [2.24, 2.45) is 11.8 Å². The number of amides is 1. The van der Waals surface area contributed by atoms with Crippen molar-refractivity contribution in [2.45, 2.75) is 58.7 Å². The lowest BCUT2D eigenvalue weighted by Crippen LogP contribution is -2.42. The lowest BCUT2D eigenvalue weighted by molar-refractivity contribution is -0.142. The van der Waals surface area contributed by atoms with Crippen LogP contribution in [0, 0.1) is 11.8 Å². The number of carbonyl (C=O) groups excluding carboxylic acids is 1. The van der Waals surface area contributed by atoms with E-state index < -0.39 is 23.6 Å². The predicted octanol–water partition coefficient (Wildman–Crippen LogP) is 6.95. The minimum absolute atomic E-state index is 0.119. The second-order valence-electron chi connectivity index (χ2n) is 9.96. The van der Waals surface area contributed by atoms with E-state index in [-0.39, 0.29) is 34.9 Å². The molecule has 0 radical (unpaired) electrons. The summed E-state index contributed by atoms with van der Waals surface area (Å²) < 4.78 is 47.8. The van der Waals surface area contributed by atoms with Crippen molar-refractivity contribution in [2.75, 3.05) is 4.90 Å². The van der Waals surface area contributed by atoms with E-state index in [1.807, 2.05) is 0 Å². The van der Waals surface area contributed by atoms with Crippen molar-refractivity contribution in [3.63, 3.8) is 0 Å². The van der Waals surface area contributed by atoms with Crippen LogP contribution >= 0.6 is 0 Å². The normalized spacial score (nSPS) is 17.9. The molecule has 1 aliphatic rings. The highest BCUT2D eigenvalue weighted by Crippen LogP contribution is 2.39. The summed E-state index contributed by atoms with van der Waals surface area (Å²) in [5.74, 6) is -1.82. The Balaban J connectivity index is 1.68. The molecular weight excluding hydrogens is 499 g/mol. The highest BCUT2D eigenvalue weighted by Gasteiger charge is 2.39. The molecule has 0 aliphatic heterocycles. The number of halogens is 3. The van der Waals surface area contributed by atoms with E-state index in [1.54, 1.807) is 44.2 Å². The number of benzene rings is 2. The van der Waals surface area contributed by atoms with Crippen LogP contribution in [0.15, 0.2) is 54.7 Å². The molecule has 0 spiro atoms. The number of hydrogen-bond donors (Lipinski definition) is 1. The van der Waals surface area contributed by atoms with Crippen molar-refractivity contribution in [1.82, 2.24) is 9.78 Å². The minimum atomic E-state index is -4.80. The Labute approximate surface area is 218 Å². The molecule has 1 aliphatic carbocycles. The van der Waals surface area contributed by atoms with Crippen LogP contribution in [0.3, 0.4) is 0 Å². The molecule has 1 heterocycles. The zero-order valence-corrected chi connectivity index (χ0v) is 21.4. The van der Waals surface area contributed by atoms with Gasteiger partial charge in [0.1, 0.15) is 5.75 Å². The molecule has 0 saturated heterocycles. The summed E-state index contributed by atoms with van der Waals surface area (Å²) >= 11 is 0. The Kier molecular flexibility index (Phi) is 7.80. The van der Waals surface area contributed by atoms with E-state index in [0.29, 0.717) is 11.6 Å². The molecule has 1 saturated carbocycles. The Morgan fingerprint density at radius 2 is 1.74 bits per heavy atom. The van der Waals surface area contributed by atoms with Crippen LogP contribution in [0.4, 0.5) is 18.9 Å². The molecule has 1 fully saturated rings. The molecule has 0 bridgehead atoms. The Morgan fingerprint density at radius 3 is 2.32 bits per heavy atom. The fourth-order valence-electron chi connectivity index (χ4n) is 4.78. The summed E-state index contributed by atoms with van der Waals surface area (Å²) in [4.78, 5) is 27.2. The summed E-state index contributed by atoms with van der Waals surface area (Å²) in [5.41, 5.74) is -0.900. The van der Waals surface area contributed by atoms with E-state index in [9.17, 15) is 27.9 Å². The maximum absolute atomic E-state index is 13.7. The summed E-state index contributed by atoms with van der Waals surface area (Å²) in [5, 5.41) is 13.6. The Bertz CT molecular complexity index is 1300. The van der Waals surface area contributed by atoms with Gasteiger partial charge in [0.2, 0.25) is 11.6 Å². The van der Waals surface area contributed by atoms with E-state index in [0.717, 1.165) is 42.6 Å². The average molecular weight is 530 g/mol. The van der Waals surface area contributed by atoms with Gasteiger partial charge in [-0.05, 0) is 75.8 Å². The fraction of sp³-hybridized carbons (Fsp3) is 0.393. The lowest BCUT2D eigenvalue weighted by atomic mass is 9.82. The molecule has 38 heavy (non-hydrogen) atoms.